The second kappa shape index (κ2) is 49.7. The maximum absolute atomic E-state index is 12.8. The van der Waals surface area contributed by atoms with E-state index < -0.39 is 6.10 Å². The first-order valence-electron chi connectivity index (χ1n) is 24.9. The Morgan fingerprint density at radius 1 is 0.339 bits per heavy atom. The third-order valence-electron chi connectivity index (χ3n) is 9.99. The van der Waals surface area contributed by atoms with Gasteiger partial charge >= 0.3 is 17.9 Å². The molecule has 0 amide bonds. The van der Waals surface area contributed by atoms with Gasteiger partial charge in [-0.05, 0) is 122 Å². The summed E-state index contributed by atoms with van der Waals surface area (Å²) >= 11 is 0. The number of rotatable bonds is 43. The Morgan fingerprint density at radius 3 is 1.03 bits per heavy atom. The summed E-state index contributed by atoms with van der Waals surface area (Å²) in [6, 6.07) is 0. The zero-order chi connectivity index (χ0) is 45.1. The molecule has 1 atom stereocenters. The van der Waals surface area contributed by atoms with E-state index in [1.165, 1.54) is 32.1 Å². The Morgan fingerprint density at radius 2 is 0.629 bits per heavy atom. The summed E-state index contributed by atoms with van der Waals surface area (Å²) in [7, 11) is 0. The molecular formula is C56H90O6. The molecule has 0 N–H and O–H groups in total. The molecule has 0 saturated carbocycles. The normalized spacial score (nSPS) is 13.0. The van der Waals surface area contributed by atoms with Gasteiger partial charge in [0.1, 0.15) is 13.2 Å². The van der Waals surface area contributed by atoms with Gasteiger partial charge in [0.05, 0.1) is 0 Å². The average Bonchev–Trinajstić information content (AvgIpc) is 3.27. The molecule has 6 heteroatoms. The molecule has 350 valence electrons. The van der Waals surface area contributed by atoms with E-state index in [2.05, 4.69) is 130 Å². The number of allylic oxidation sites excluding steroid dienone is 18. The third kappa shape index (κ3) is 47.1. The molecule has 0 aliphatic rings. The summed E-state index contributed by atoms with van der Waals surface area (Å²) in [6.07, 6.45) is 66.4. The van der Waals surface area contributed by atoms with E-state index in [1.807, 2.05) is 0 Å². The summed E-state index contributed by atoms with van der Waals surface area (Å²) in [5.74, 6) is -0.992. The van der Waals surface area contributed by atoms with E-state index in [1.54, 1.807) is 0 Å². The van der Waals surface area contributed by atoms with Crippen LogP contribution in [0, 0.1) is 0 Å². The molecule has 0 aromatic carbocycles. The van der Waals surface area contributed by atoms with Crippen LogP contribution in [0.1, 0.15) is 207 Å². The molecule has 0 aliphatic carbocycles. The zero-order valence-electron chi connectivity index (χ0n) is 39.8. The van der Waals surface area contributed by atoms with Gasteiger partial charge in [-0.15, -0.1) is 0 Å². The van der Waals surface area contributed by atoms with Crippen LogP contribution >= 0.6 is 0 Å². The summed E-state index contributed by atoms with van der Waals surface area (Å²) < 4.78 is 16.7. The molecule has 6 nitrogen and oxygen atoms in total. The largest absolute Gasteiger partial charge is 0.462 e. The molecule has 1 unspecified atom stereocenters. The van der Waals surface area contributed by atoms with Gasteiger partial charge in [-0.3, -0.25) is 14.4 Å². The Hall–Kier alpha value is -3.93. The molecular weight excluding hydrogens is 769 g/mol. The van der Waals surface area contributed by atoms with Crippen LogP contribution in [-0.4, -0.2) is 37.2 Å². The second-order valence-electron chi connectivity index (χ2n) is 16.0. The second-order valence-corrected chi connectivity index (χ2v) is 16.0. The maximum atomic E-state index is 12.8. The van der Waals surface area contributed by atoms with E-state index in [9.17, 15) is 14.4 Å². The van der Waals surface area contributed by atoms with Gasteiger partial charge < -0.3 is 14.2 Å². The van der Waals surface area contributed by atoms with Crippen LogP contribution in [-0.2, 0) is 28.6 Å². The van der Waals surface area contributed by atoms with Crippen molar-refractivity contribution in [3.05, 3.63) is 109 Å². The number of ether oxygens (including phenoxy) is 3. The monoisotopic (exact) mass is 859 g/mol. The highest BCUT2D eigenvalue weighted by Crippen LogP contribution is 2.12. The number of esters is 3. The highest BCUT2D eigenvalue weighted by atomic mass is 16.6. The first-order chi connectivity index (χ1) is 30.5. The molecule has 0 radical (unpaired) electrons. The molecule has 0 aliphatic heterocycles. The van der Waals surface area contributed by atoms with Crippen LogP contribution in [0.2, 0.25) is 0 Å². The Bertz CT molecular complexity index is 1310. The fraction of sp³-hybridized carbons (Fsp3) is 0.625. The van der Waals surface area contributed by atoms with E-state index >= 15 is 0 Å². The minimum atomic E-state index is -0.814. The van der Waals surface area contributed by atoms with Crippen molar-refractivity contribution in [2.24, 2.45) is 0 Å². The number of hydrogen-bond donors (Lipinski definition) is 0. The first kappa shape index (κ1) is 58.1. The van der Waals surface area contributed by atoms with E-state index in [0.29, 0.717) is 19.3 Å². The Labute approximate surface area is 380 Å². The number of carbonyl (C=O) groups is 3. The van der Waals surface area contributed by atoms with Crippen molar-refractivity contribution in [3.8, 4) is 0 Å². The highest BCUT2D eigenvalue weighted by molar-refractivity contribution is 5.71. The molecule has 0 heterocycles. The van der Waals surface area contributed by atoms with Crippen molar-refractivity contribution in [1.29, 1.82) is 0 Å². The average molecular weight is 859 g/mol. The standard InChI is InChI=1S/C56H90O6/c1-4-7-10-13-16-19-22-25-27-28-30-31-34-37-40-43-46-49-55(58)61-52-53(51-60-54(57)48-45-42-39-36-33-24-21-18-15-12-9-6-3)62-56(59)50-47-44-41-38-35-32-29-26-23-20-17-14-11-8-5-2/h7-8,10-11,16-21,25-27,29-31,35,38,53H,4-6,9,12-15,22-24,28,32-34,36-37,39-52H2,1-3H3/b10-7-,11-8-,19-16-,20-17-,21-18-,27-25-,29-26-,31-30-,38-35-. The fourth-order valence-electron chi connectivity index (χ4n) is 6.30. The highest BCUT2D eigenvalue weighted by Gasteiger charge is 2.19. The van der Waals surface area contributed by atoms with Crippen LogP contribution < -0.4 is 0 Å². The molecule has 0 aromatic rings. The van der Waals surface area contributed by atoms with Crippen molar-refractivity contribution in [2.45, 2.75) is 213 Å². The van der Waals surface area contributed by atoms with Gasteiger partial charge in [0.2, 0.25) is 0 Å². The summed E-state index contributed by atoms with van der Waals surface area (Å²) in [6.45, 7) is 6.30. The van der Waals surface area contributed by atoms with Crippen LogP contribution in [0.3, 0.4) is 0 Å². The zero-order valence-corrected chi connectivity index (χ0v) is 39.8. The lowest BCUT2D eigenvalue weighted by atomic mass is 10.1. The lowest BCUT2D eigenvalue weighted by molar-refractivity contribution is -0.167. The first-order valence-corrected chi connectivity index (χ1v) is 24.9. The molecule has 62 heavy (non-hydrogen) atoms. The summed E-state index contributed by atoms with van der Waals surface area (Å²) in [4.78, 5) is 37.9. The van der Waals surface area contributed by atoms with E-state index in [-0.39, 0.29) is 37.5 Å². The van der Waals surface area contributed by atoms with Crippen molar-refractivity contribution in [1.82, 2.24) is 0 Å². The third-order valence-corrected chi connectivity index (χ3v) is 9.99. The lowest BCUT2D eigenvalue weighted by Crippen LogP contribution is -2.30. The summed E-state index contributed by atoms with van der Waals surface area (Å²) in [5.41, 5.74) is 0. The molecule has 0 bridgehead atoms. The molecule has 0 saturated heterocycles. The van der Waals surface area contributed by atoms with Crippen LogP contribution in [0.25, 0.3) is 0 Å². The van der Waals surface area contributed by atoms with Gasteiger partial charge in [-0.2, -0.15) is 0 Å². The predicted molar refractivity (Wildman–Crippen MR) is 265 cm³/mol. The van der Waals surface area contributed by atoms with Gasteiger partial charge in [0, 0.05) is 19.3 Å². The minimum Gasteiger partial charge on any atom is -0.462 e. The molecule has 0 rings (SSSR count). The topological polar surface area (TPSA) is 78.9 Å². The fourth-order valence-corrected chi connectivity index (χ4v) is 6.30. The van der Waals surface area contributed by atoms with Gasteiger partial charge in [0.25, 0.3) is 0 Å². The minimum absolute atomic E-state index is 0.109. The van der Waals surface area contributed by atoms with Crippen LogP contribution in [0.4, 0.5) is 0 Å². The van der Waals surface area contributed by atoms with Gasteiger partial charge in [-0.25, -0.2) is 0 Å². The number of hydrogen-bond acceptors (Lipinski definition) is 6. The maximum Gasteiger partial charge on any atom is 0.306 e. The summed E-state index contributed by atoms with van der Waals surface area (Å²) in [5, 5.41) is 0. The Kier molecular flexibility index (Phi) is 46.6. The molecule has 0 aromatic heterocycles. The molecule has 0 spiro atoms. The van der Waals surface area contributed by atoms with Crippen molar-refractivity contribution in [3.63, 3.8) is 0 Å². The number of carbonyl (C=O) groups excluding carboxylic acids is 3. The van der Waals surface area contributed by atoms with Crippen molar-refractivity contribution in [2.75, 3.05) is 13.2 Å². The van der Waals surface area contributed by atoms with Gasteiger partial charge in [-0.1, -0.05) is 175 Å². The Balaban J connectivity index is 4.52. The lowest BCUT2D eigenvalue weighted by Gasteiger charge is -2.18. The molecule has 0 fully saturated rings. The van der Waals surface area contributed by atoms with Crippen LogP contribution in [0.5, 0.6) is 0 Å². The van der Waals surface area contributed by atoms with E-state index in [0.717, 1.165) is 128 Å². The predicted octanol–water partition coefficient (Wildman–Crippen LogP) is 16.4. The van der Waals surface area contributed by atoms with Crippen molar-refractivity contribution < 1.29 is 28.6 Å². The quantitative estimate of drug-likeness (QED) is 0.0263. The van der Waals surface area contributed by atoms with Crippen LogP contribution in [0.15, 0.2) is 109 Å². The van der Waals surface area contributed by atoms with Crippen molar-refractivity contribution >= 4 is 17.9 Å². The van der Waals surface area contributed by atoms with E-state index in [4.69, 9.17) is 14.2 Å². The smallest absolute Gasteiger partial charge is 0.306 e. The number of unbranched alkanes of at least 4 members (excludes halogenated alkanes) is 14. The van der Waals surface area contributed by atoms with Gasteiger partial charge in [0.15, 0.2) is 6.10 Å². The SMILES string of the molecule is CC/C=C\C/C=C\C/C=C\C/C=C\CCCCCCC(=O)OCC(COC(=O)CCCCCCC/C=C\CCCCC)OC(=O)CCCC/C=C\C/C=C\C/C=C\C/C=C\CC.